The Morgan fingerprint density at radius 1 is 1.21 bits per heavy atom. The van der Waals surface area contributed by atoms with Gasteiger partial charge in [0.1, 0.15) is 11.5 Å². The molecule has 0 bridgehead atoms. The molecule has 3 aromatic rings. The molecule has 1 aliphatic heterocycles. The van der Waals surface area contributed by atoms with Gasteiger partial charge in [0.05, 0.1) is 30.8 Å². The summed E-state index contributed by atoms with van der Waals surface area (Å²) >= 11 is 0. The van der Waals surface area contributed by atoms with Crippen LogP contribution in [0.3, 0.4) is 0 Å². The van der Waals surface area contributed by atoms with Crippen molar-refractivity contribution >= 4 is 5.91 Å². The predicted octanol–water partition coefficient (Wildman–Crippen LogP) is 3.03. The van der Waals surface area contributed by atoms with Crippen LogP contribution < -0.4 is 9.47 Å². The lowest BCUT2D eigenvalue weighted by molar-refractivity contribution is 0.0705. The van der Waals surface area contributed by atoms with Crippen LogP contribution >= 0.6 is 0 Å². The third-order valence-corrected chi connectivity index (χ3v) is 4.97. The highest BCUT2D eigenvalue weighted by molar-refractivity contribution is 5.93. The van der Waals surface area contributed by atoms with Crippen LogP contribution in [0.25, 0.3) is 0 Å². The lowest BCUT2D eigenvalue weighted by Crippen LogP contribution is -2.39. The van der Waals surface area contributed by atoms with Crippen molar-refractivity contribution in [2.24, 2.45) is 7.05 Å². The number of aryl methyl sites for hydroxylation is 1. The van der Waals surface area contributed by atoms with Gasteiger partial charge in [-0.2, -0.15) is 5.10 Å². The van der Waals surface area contributed by atoms with Crippen molar-refractivity contribution in [1.29, 1.82) is 0 Å². The van der Waals surface area contributed by atoms with Crippen molar-refractivity contribution in [3.63, 3.8) is 0 Å². The molecule has 0 radical (unpaired) electrons. The molecule has 0 saturated carbocycles. The highest BCUT2D eigenvalue weighted by atomic mass is 16.5. The molecule has 0 aliphatic carbocycles. The van der Waals surface area contributed by atoms with Gasteiger partial charge in [0.25, 0.3) is 5.91 Å². The first-order valence-electron chi connectivity index (χ1n) is 9.54. The number of ether oxygens (including phenoxy) is 2. The number of hydrogen-bond acceptors (Lipinski definition) is 6. The largest absolute Gasteiger partial charge is 0.497 e. The molecule has 1 saturated heterocycles. The molecule has 8 heteroatoms. The first-order valence-corrected chi connectivity index (χ1v) is 9.54. The molecular formula is C21H23N5O3. The van der Waals surface area contributed by atoms with Crippen molar-refractivity contribution < 1.29 is 14.3 Å². The molecular weight excluding hydrogens is 370 g/mol. The van der Waals surface area contributed by atoms with Crippen molar-refractivity contribution in [2.45, 2.75) is 18.8 Å². The molecule has 3 heterocycles. The number of piperidine rings is 1. The Morgan fingerprint density at radius 3 is 2.86 bits per heavy atom. The van der Waals surface area contributed by atoms with Gasteiger partial charge in [-0.05, 0) is 25.0 Å². The number of rotatable bonds is 5. The van der Waals surface area contributed by atoms with Gasteiger partial charge < -0.3 is 14.4 Å². The molecule has 1 aliphatic rings. The first kappa shape index (κ1) is 18.9. The maximum absolute atomic E-state index is 12.8. The van der Waals surface area contributed by atoms with Gasteiger partial charge in [-0.3, -0.25) is 14.5 Å². The molecule has 150 valence electrons. The number of methoxy groups -OCH3 is 1. The lowest BCUT2D eigenvalue weighted by Gasteiger charge is -2.32. The zero-order chi connectivity index (χ0) is 20.2. The predicted molar refractivity (Wildman–Crippen MR) is 106 cm³/mol. The van der Waals surface area contributed by atoms with Crippen molar-refractivity contribution in [2.75, 3.05) is 20.2 Å². The maximum atomic E-state index is 12.8. The Kier molecular flexibility index (Phi) is 5.41. The molecule has 2 aromatic heterocycles. The summed E-state index contributed by atoms with van der Waals surface area (Å²) < 4.78 is 12.7. The van der Waals surface area contributed by atoms with E-state index in [1.54, 1.807) is 49.7 Å². The SMILES string of the molecule is COc1cccc(Oc2cncc([C@H]3CCCN(C(=O)c4cnn(C)c4)C3)n2)c1. The van der Waals surface area contributed by atoms with Crippen LogP contribution in [-0.4, -0.2) is 50.8 Å². The van der Waals surface area contributed by atoms with Crippen LogP contribution in [0.1, 0.15) is 34.8 Å². The number of amides is 1. The highest BCUT2D eigenvalue weighted by Gasteiger charge is 2.27. The average Bonchev–Trinajstić information content (AvgIpc) is 3.20. The Balaban J connectivity index is 1.48. The summed E-state index contributed by atoms with van der Waals surface area (Å²) in [4.78, 5) is 23.6. The fourth-order valence-corrected chi connectivity index (χ4v) is 3.51. The summed E-state index contributed by atoms with van der Waals surface area (Å²) in [7, 11) is 3.42. The number of likely N-dealkylation sites (tertiary alicyclic amines) is 1. The van der Waals surface area contributed by atoms with E-state index in [4.69, 9.17) is 9.47 Å². The van der Waals surface area contributed by atoms with Crippen LogP contribution in [-0.2, 0) is 7.05 Å². The fourth-order valence-electron chi connectivity index (χ4n) is 3.51. The third-order valence-electron chi connectivity index (χ3n) is 4.97. The fraction of sp³-hybridized carbons (Fsp3) is 0.333. The summed E-state index contributed by atoms with van der Waals surface area (Å²) in [6, 6.07) is 7.34. The zero-order valence-corrected chi connectivity index (χ0v) is 16.5. The second-order valence-electron chi connectivity index (χ2n) is 7.06. The first-order chi connectivity index (χ1) is 14.1. The Labute approximate surface area is 169 Å². The molecule has 0 spiro atoms. The second kappa shape index (κ2) is 8.30. The van der Waals surface area contributed by atoms with Crippen LogP contribution in [0.5, 0.6) is 17.4 Å². The van der Waals surface area contributed by atoms with E-state index in [9.17, 15) is 4.79 Å². The summed E-state index contributed by atoms with van der Waals surface area (Å²) in [5.41, 5.74) is 1.43. The van der Waals surface area contributed by atoms with E-state index < -0.39 is 0 Å². The molecule has 1 fully saturated rings. The monoisotopic (exact) mass is 393 g/mol. The van der Waals surface area contributed by atoms with Crippen molar-refractivity contribution in [3.8, 4) is 17.4 Å². The molecule has 1 aromatic carbocycles. The van der Waals surface area contributed by atoms with Gasteiger partial charge in [-0.1, -0.05) is 6.07 Å². The van der Waals surface area contributed by atoms with E-state index >= 15 is 0 Å². The maximum Gasteiger partial charge on any atom is 0.257 e. The Morgan fingerprint density at radius 2 is 2.07 bits per heavy atom. The smallest absolute Gasteiger partial charge is 0.257 e. The molecule has 1 amide bonds. The van der Waals surface area contributed by atoms with Gasteiger partial charge in [0, 0.05) is 44.5 Å². The molecule has 0 unspecified atom stereocenters. The third kappa shape index (κ3) is 4.37. The van der Waals surface area contributed by atoms with E-state index in [0.717, 1.165) is 25.1 Å². The van der Waals surface area contributed by atoms with Crippen LogP contribution in [0.2, 0.25) is 0 Å². The van der Waals surface area contributed by atoms with Crippen LogP contribution in [0.4, 0.5) is 0 Å². The topological polar surface area (TPSA) is 82.4 Å². The van der Waals surface area contributed by atoms with Crippen LogP contribution in [0.15, 0.2) is 49.1 Å². The van der Waals surface area contributed by atoms with E-state index in [2.05, 4.69) is 15.1 Å². The minimum atomic E-state index is -0.000422. The minimum absolute atomic E-state index is 0.000422. The summed E-state index contributed by atoms with van der Waals surface area (Å²) in [6.45, 7) is 1.34. The van der Waals surface area contributed by atoms with Gasteiger partial charge in [0.15, 0.2) is 0 Å². The van der Waals surface area contributed by atoms with Crippen molar-refractivity contribution in [3.05, 3.63) is 60.3 Å². The number of carbonyl (C=O) groups is 1. The molecule has 29 heavy (non-hydrogen) atoms. The lowest BCUT2D eigenvalue weighted by atomic mass is 9.94. The zero-order valence-electron chi connectivity index (χ0n) is 16.5. The Hall–Kier alpha value is -3.42. The van der Waals surface area contributed by atoms with E-state index in [0.29, 0.717) is 29.5 Å². The molecule has 8 nitrogen and oxygen atoms in total. The van der Waals surface area contributed by atoms with E-state index in [1.807, 2.05) is 23.1 Å². The van der Waals surface area contributed by atoms with Gasteiger partial charge in [-0.15, -0.1) is 0 Å². The van der Waals surface area contributed by atoms with Gasteiger partial charge >= 0.3 is 0 Å². The Bertz CT molecular complexity index is 1000. The van der Waals surface area contributed by atoms with E-state index in [-0.39, 0.29) is 11.8 Å². The number of carbonyl (C=O) groups excluding carboxylic acids is 1. The molecule has 1 atom stereocenters. The number of nitrogens with zero attached hydrogens (tertiary/aromatic N) is 5. The number of aromatic nitrogens is 4. The van der Waals surface area contributed by atoms with Crippen molar-refractivity contribution in [1.82, 2.24) is 24.6 Å². The standard InChI is InChI=1S/C21H23N5O3/c1-25-13-16(10-23-25)21(27)26-8-4-5-15(14-26)19-11-22-12-20(24-19)29-18-7-3-6-17(9-18)28-2/h3,6-7,9-13,15H,4-5,8,14H2,1-2H3/t15-/m0/s1. The highest BCUT2D eigenvalue weighted by Crippen LogP contribution is 2.29. The molecule has 4 rings (SSSR count). The molecule has 0 N–H and O–H groups in total. The van der Waals surface area contributed by atoms with Crippen LogP contribution in [0, 0.1) is 0 Å². The normalized spacial score (nSPS) is 16.5. The van der Waals surface area contributed by atoms with Gasteiger partial charge in [0.2, 0.25) is 5.88 Å². The number of hydrogen-bond donors (Lipinski definition) is 0. The average molecular weight is 393 g/mol. The summed E-state index contributed by atoms with van der Waals surface area (Å²) in [6.07, 6.45) is 8.56. The summed E-state index contributed by atoms with van der Waals surface area (Å²) in [5.74, 6) is 1.88. The summed E-state index contributed by atoms with van der Waals surface area (Å²) in [5, 5.41) is 4.09. The number of benzene rings is 1. The van der Waals surface area contributed by atoms with Gasteiger partial charge in [-0.25, -0.2) is 4.98 Å². The van der Waals surface area contributed by atoms with E-state index in [1.165, 1.54) is 0 Å². The second-order valence-corrected chi connectivity index (χ2v) is 7.06. The quantitative estimate of drug-likeness (QED) is 0.663. The minimum Gasteiger partial charge on any atom is -0.497 e.